The number of aryl methyl sites for hydroxylation is 1. The molecule has 11 heteroatoms. The van der Waals surface area contributed by atoms with Crippen molar-refractivity contribution in [2.24, 2.45) is 0 Å². The Morgan fingerprint density at radius 2 is 1.50 bits per heavy atom. The topological polar surface area (TPSA) is 142 Å². The molecule has 2 heterocycles. The summed E-state index contributed by atoms with van der Waals surface area (Å²) >= 11 is 0. The van der Waals surface area contributed by atoms with E-state index in [-0.39, 0.29) is 36.8 Å². The second-order valence-corrected chi connectivity index (χ2v) is 13.9. The number of hydrogen-bond acceptors (Lipinski definition) is 6. The Bertz CT molecular complexity index is 1680. The van der Waals surface area contributed by atoms with Gasteiger partial charge in [-0.25, -0.2) is 4.39 Å². The van der Waals surface area contributed by atoms with E-state index in [0.717, 1.165) is 94.6 Å². The molecule has 2 amide bonds. The summed E-state index contributed by atoms with van der Waals surface area (Å²) in [4.78, 5) is 57.3. The number of hydrogen-bond donors (Lipinski definition) is 3. The van der Waals surface area contributed by atoms with Gasteiger partial charge in [-0.2, -0.15) is 0 Å². The van der Waals surface area contributed by atoms with Gasteiger partial charge in [0.25, 0.3) is 11.5 Å². The van der Waals surface area contributed by atoms with Crippen molar-refractivity contribution in [3.05, 3.63) is 87.1 Å². The zero-order valence-corrected chi connectivity index (χ0v) is 31.2. The highest BCUT2D eigenvalue weighted by molar-refractivity contribution is 5.99. The van der Waals surface area contributed by atoms with Crippen molar-refractivity contribution in [3.8, 4) is 0 Å². The third kappa shape index (κ3) is 14.3. The number of rotatable bonds is 24. The van der Waals surface area contributed by atoms with E-state index < -0.39 is 23.5 Å². The smallest absolute Gasteiger partial charge is 0.303 e. The molecule has 0 saturated carbocycles. The quantitative estimate of drug-likeness (QED) is 0.0671. The highest BCUT2D eigenvalue weighted by Gasteiger charge is 2.25. The number of aliphatic hydroxyl groups is 1. The van der Waals surface area contributed by atoms with Crippen molar-refractivity contribution >= 4 is 28.8 Å². The minimum Gasteiger partial charge on any atom is -0.481 e. The Kier molecular flexibility index (Phi) is 18.2. The molecule has 10 nitrogen and oxygen atoms in total. The first-order valence-corrected chi connectivity index (χ1v) is 18.8. The number of fused-ring (bicyclic) bond motifs is 1. The van der Waals surface area contributed by atoms with Crippen LogP contribution in [0.25, 0.3) is 11.0 Å². The number of benzene rings is 1. The number of halogens is 1. The van der Waals surface area contributed by atoms with Crippen molar-refractivity contribution in [1.82, 2.24) is 19.8 Å². The number of amides is 2. The van der Waals surface area contributed by atoms with Crippen LogP contribution in [0.1, 0.15) is 124 Å². The first kappa shape index (κ1) is 42.0. The summed E-state index contributed by atoms with van der Waals surface area (Å²) in [6.45, 7) is 1.25. The van der Waals surface area contributed by atoms with Crippen LogP contribution in [0.4, 0.5) is 4.39 Å². The van der Waals surface area contributed by atoms with Crippen molar-refractivity contribution in [3.63, 3.8) is 0 Å². The number of carbonyl (C=O) groups is 3. The monoisotopic (exact) mass is 720 g/mol. The minimum absolute atomic E-state index is 0.0260. The maximum atomic E-state index is 14.1. The average molecular weight is 721 g/mol. The summed E-state index contributed by atoms with van der Waals surface area (Å²) in [5.41, 5.74) is 2.50. The fraction of sp³-hybridized carbons (Fsp3) is 0.537. The predicted molar refractivity (Wildman–Crippen MR) is 203 cm³/mol. The summed E-state index contributed by atoms with van der Waals surface area (Å²) in [6.07, 6.45) is 19.8. The maximum Gasteiger partial charge on any atom is 0.303 e. The lowest BCUT2D eigenvalue weighted by molar-refractivity contribution is -0.137. The van der Waals surface area contributed by atoms with Gasteiger partial charge < -0.3 is 20.4 Å². The van der Waals surface area contributed by atoms with Crippen molar-refractivity contribution in [2.45, 2.75) is 122 Å². The Morgan fingerprint density at radius 1 is 0.904 bits per heavy atom. The van der Waals surface area contributed by atoms with Crippen LogP contribution < -0.4 is 10.9 Å². The molecule has 0 unspecified atom stereocenters. The standard InChI is InChI=1S/C41H57FN4O6/c1-30(47)27-44-40(51)38-34(19-17-15-13-11-9-7-5-4-6-8-10-12-14-16-18-20-37(49)50)39-35(46(41(38)52)29-36(48)45(2)3)26-32(28-43-39)25-31-21-23-33(42)24-22-31/h4,6,21-24,26,28,30,47H,5,7-20,25,27,29H2,1-3H3,(H,44,51)(H,49,50)/b6-4-/t30-/m0/s1. The number of aromatic nitrogens is 2. The molecule has 0 aliphatic carbocycles. The number of nitrogens with one attached hydrogen (secondary N) is 1. The third-order valence-corrected chi connectivity index (χ3v) is 9.14. The van der Waals surface area contributed by atoms with Crippen LogP contribution in [0.2, 0.25) is 0 Å². The van der Waals surface area contributed by atoms with Crippen LogP contribution in [0, 0.1) is 5.82 Å². The number of aliphatic carboxylic acids is 1. The molecule has 0 saturated heterocycles. The number of carboxylic acid groups (broad SMARTS) is 1. The van der Waals surface area contributed by atoms with E-state index in [1.165, 1.54) is 21.6 Å². The van der Waals surface area contributed by atoms with E-state index in [4.69, 9.17) is 10.1 Å². The molecule has 0 bridgehead atoms. The molecule has 284 valence electrons. The minimum atomic E-state index is -0.805. The summed E-state index contributed by atoms with van der Waals surface area (Å²) in [5, 5.41) is 21.2. The Morgan fingerprint density at radius 3 is 2.10 bits per heavy atom. The second-order valence-electron chi connectivity index (χ2n) is 13.9. The highest BCUT2D eigenvalue weighted by atomic mass is 19.1. The Labute approximate surface area is 307 Å². The summed E-state index contributed by atoms with van der Waals surface area (Å²) in [6, 6.07) is 8.00. The zero-order valence-electron chi connectivity index (χ0n) is 31.2. The van der Waals surface area contributed by atoms with Gasteiger partial charge >= 0.3 is 5.97 Å². The maximum absolute atomic E-state index is 14.1. The fourth-order valence-electron chi connectivity index (χ4n) is 6.18. The van der Waals surface area contributed by atoms with Gasteiger partial charge in [0.2, 0.25) is 5.91 Å². The number of pyridine rings is 2. The molecule has 2 aromatic heterocycles. The van der Waals surface area contributed by atoms with Crippen molar-refractivity contribution in [2.75, 3.05) is 20.6 Å². The molecular weight excluding hydrogens is 663 g/mol. The number of allylic oxidation sites excluding steroid dienone is 2. The molecule has 1 atom stereocenters. The molecule has 1 aromatic carbocycles. The van der Waals surface area contributed by atoms with Gasteiger partial charge in [0.15, 0.2) is 0 Å². The van der Waals surface area contributed by atoms with Gasteiger partial charge in [0, 0.05) is 33.3 Å². The number of nitrogens with zero attached hydrogens (tertiary/aromatic N) is 3. The molecule has 0 aliphatic rings. The van der Waals surface area contributed by atoms with E-state index in [0.29, 0.717) is 29.4 Å². The van der Waals surface area contributed by atoms with Crippen LogP contribution in [-0.4, -0.2) is 69.2 Å². The molecule has 0 spiro atoms. The van der Waals surface area contributed by atoms with Crippen molar-refractivity contribution < 1.29 is 29.0 Å². The van der Waals surface area contributed by atoms with Crippen LogP contribution in [0.5, 0.6) is 0 Å². The summed E-state index contributed by atoms with van der Waals surface area (Å²) in [5.74, 6) is -1.96. The largest absolute Gasteiger partial charge is 0.481 e. The molecule has 3 rings (SSSR count). The van der Waals surface area contributed by atoms with Crippen molar-refractivity contribution in [1.29, 1.82) is 0 Å². The molecule has 3 N–H and O–H groups in total. The van der Waals surface area contributed by atoms with Gasteiger partial charge in [-0.15, -0.1) is 0 Å². The normalized spacial score (nSPS) is 12.0. The van der Waals surface area contributed by atoms with Crippen LogP contribution >= 0.6 is 0 Å². The lowest BCUT2D eigenvalue weighted by atomic mass is 9.97. The van der Waals surface area contributed by atoms with Gasteiger partial charge in [-0.3, -0.25) is 28.7 Å². The van der Waals surface area contributed by atoms with Crippen LogP contribution in [-0.2, 0) is 29.0 Å². The van der Waals surface area contributed by atoms with E-state index in [2.05, 4.69) is 17.5 Å². The fourth-order valence-corrected chi connectivity index (χ4v) is 6.18. The Balaban J connectivity index is 1.67. The van der Waals surface area contributed by atoms with Gasteiger partial charge in [0.1, 0.15) is 17.9 Å². The molecule has 0 fully saturated rings. The van der Waals surface area contributed by atoms with Gasteiger partial charge in [0.05, 0.1) is 17.1 Å². The van der Waals surface area contributed by atoms with Gasteiger partial charge in [-0.1, -0.05) is 69.2 Å². The SMILES string of the molecule is C[C@H](O)CNC(=O)c1c(CCCCCCCC/C=C\CCCCCCCC(=O)O)c2ncc(Cc3ccc(F)cc3)cc2n(CC(=O)N(C)C)c1=O. The third-order valence-electron chi connectivity index (χ3n) is 9.14. The number of unbranched alkanes of at least 4 members (excludes halogenated alkanes) is 11. The van der Waals surface area contributed by atoms with E-state index in [1.807, 2.05) is 6.07 Å². The summed E-state index contributed by atoms with van der Waals surface area (Å²) < 4.78 is 14.9. The number of likely N-dealkylation sites (N-methyl/N-ethyl adjacent to an activating group) is 1. The van der Waals surface area contributed by atoms with E-state index in [1.54, 1.807) is 39.3 Å². The number of aliphatic hydroxyl groups excluding tert-OH is 1. The first-order valence-electron chi connectivity index (χ1n) is 18.8. The molecule has 52 heavy (non-hydrogen) atoms. The predicted octanol–water partition coefficient (Wildman–Crippen LogP) is 6.97. The lowest BCUT2D eigenvalue weighted by Crippen LogP contribution is -2.39. The average Bonchev–Trinajstić information content (AvgIpc) is 3.10. The first-order chi connectivity index (χ1) is 25.0. The molecule has 0 radical (unpaired) electrons. The van der Waals surface area contributed by atoms with Crippen LogP contribution in [0.3, 0.4) is 0 Å². The number of carboxylic acids is 1. The second kappa shape index (κ2) is 22.5. The summed E-state index contributed by atoms with van der Waals surface area (Å²) in [7, 11) is 3.21. The lowest BCUT2D eigenvalue weighted by Gasteiger charge is -2.19. The molecule has 0 aliphatic heterocycles. The molecular formula is C41H57FN4O6. The van der Waals surface area contributed by atoms with Crippen LogP contribution in [0.15, 0.2) is 53.5 Å². The Hall–Kier alpha value is -4.38. The number of carbonyl (C=O) groups excluding carboxylic acids is 2. The van der Waals surface area contributed by atoms with E-state index >= 15 is 0 Å². The zero-order chi connectivity index (χ0) is 37.9. The van der Waals surface area contributed by atoms with E-state index in [9.17, 15) is 28.7 Å². The van der Waals surface area contributed by atoms with Gasteiger partial charge in [-0.05, 0) is 93.2 Å². The molecule has 3 aromatic rings. The highest BCUT2D eigenvalue weighted by Crippen LogP contribution is 2.24.